The van der Waals surface area contributed by atoms with Crippen LogP contribution in [-0.2, 0) is 36.8 Å². The molecule has 0 aliphatic heterocycles. The molecule has 0 spiro atoms. The van der Waals surface area contributed by atoms with E-state index in [1.54, 1.807) is 154 Å². The summed E-state index contributed by atoms with van der Waals surface area (Å²) in [7, 11) is 3.29. The molecule has 10 aromatic rings. The fourth-order valence-corrected chi connectivity index (χ4v) is 14.9. The van der Waals surface area contributed by atoms with Gasteiger partial charge in [-0.3, -0.25) is 19.2 Å². The molecule has 0 amide bonds. The van der Waals surface area contributed by atoms with Crippen molar-refractivity contribution in [2.75, 3.05) is 94.0 Å². The number of nitrogen functional groups attached to an aromatic ring is 1. The van der Waals surface area contributed by atoms with Crippen LogP contribution >= 0.6 is 23.2 Å². The number of ketones is 4. The molecule has 0 radical (unpaired) electrons. The summed E-state index contributed by atoms with van der Waals surface area (Å²) in [6.07, 6.45) is 18.1. The number of nitrogens with two attached hydrogens (primary N) is 1. The number of hydrogen-bond donors (Lipinski definition) is 14. The van der Waals surface area contributed by atoms with E-state index in [1.165, 1.54) is 48.2 Å². The number of halogens is 2. The van der Waals surface area contributed by atoms with Gasteiger partial charge in [0.05, 0.1) is 86.4 Å². The molecule has 0 unspecified atom stereocenters. The lowest BCUT2D eigenvalue weighted by molar-refractivity contribution is -0.115. The number of aromatic hydroxyl groups is 6. The Morgan fingerprint density at radius 1 is 0.429 bits per heavy atom. The number of carbonyl (C=O) groups is 4. The highest BCUT2D eigenvalue weighted by Crippen LogP contribution is 2.41. The predicted octanol–water partition coefficient (Wildman–Crippen LogP) is 21.1. The fourth-order valence-electron chi connectivity index (χ4n) is 14.6. The molecule has 0 atom stereocenters. The number of aliphatic hydroxyl groups excluding tert-OH is 1. The number of rotatable bonds is 30. The van der Waals surface area contributed by atoms with Crippen molar-refractivity contribution in [1.29, 1.82) is 0 Å². The first-order valence-corrected chi connectivity index (χ1v) is 44.1. The first kappa shape index (κ1) is 98.2. The maximum absolute atomic E-state index is 14.0. The van der Waals surface area contributed by atoms with Crippen molar-refractivity contribution in [3.05, 3.63) is 328 Å². The number of aliphatic hydroxyl groups is 1. The molecule has 0 heterocycles. The number of ether oxygens (including phenoxy) is 1. The van der Waals surface area contributed by atoms with Gasteiger partial charge in [-0.2, -0.15) is 0 Å². The lowest BCUT2D eigenvalue weighted by Crippen LogP contribution is -2.30. The normalized spacial score (nSPS) is 13.9. The van der Waals surface area contributed by atoms with Crippen LogP contribution in [0.5, 0.6) is 34.5 Å². The third kappa shape index (κ3) is 27.4. The first-order chi connectivity index (χ1) is 63.9. The van der Waals surface area contributed by atoms with E-state index in [9.17, 15) is 49.8 Å². The van der Waals surface area contributed by atoms with Gasteiger partial charge >= 0.3 is 0 Å². The Balaban J connectivity index is 0.000000176. The zero-order valence-electron chi connectivity index (χ0n) is 75.8. The Morgan fingerprint density at radius 2 is 0.872 bits per heavy atom. The van der Waals surface area contributed by atoms with E-state index in [0.717, 1.165) is 59.1 Å². The highest BCUT2D eigenvalue weighted by molar-refractivity contribution is 6.49. The zero-order valence-corrected chi connectivity index (χ0v) is 77.3. The molecule has 0 bridgehead atoms. The fraction of sp³-hybridized carbons (Fsp3) is 0.200. The van der Waals surface area contributed by atoms with Gasteiger partial charge in [0.25, 0.3) is 0 Å². The van der Waals surface area contributed by atoms with E-state index in [0.29, 0.717) is 128 Å². The number of Topliss-reactive ketones (excluding diaryl/α,β-unsaturated/α-hetero) is 1. The second kappa shape index (κ2) is 46.7. The van der Waals surface area contributed by atoms with E-state index in [4.69, 9.17) is 43.8 Å². The summed E-state index contributed by atoms with van der Waals surface area (Å²) >= 11 is 11.9. The quantitative estimate of drug-likeness (QED) is 0.00654. The lowest BCUT2D eigenvalue weighted by Gasteiger charge is -2.28. The molecule has 10 aromatic carbocycles. The van der Waals surface area contributed by atoms with Crippen LogP contribution < -0.4 is 52.3 Å². The van der Waals surface area contributed by atoms with E-state index < -0.39 is 0 Å². The van der Waals surface area contributed by atoms with Gasteiger partial charge in [0.1, 0.15) is 51.6 Å². The maximum Gasteiger partial charge on any atom is 0.226 e. The summed E-state index contributed by atoms with van der Waals surface area (Å²) in [4.78, 5) is 74.6. The Kier molecular flexibility index (Phi) is 34.5. The van der Waals surface area contributed by atoms with Crippen molar-refractivity contribution in [2.45, 2.75) is 93.3 Å². The van der Waals surface area contributed by atoms with Crippen LogP contribution in [0.4, 0.5) is 85.3 Å². The van der Waals surface area contributed by atoms with Gasteiger partial charge in [-0.05, 0) is 322 Å². The topological polar surface area (TPSA) is 376 Å². The summed E-state index contributed by atoms with van der Waals surface area (Å²) < 4.78 is 5.84. The predicted molar refractivity (Wildman–Crippen MR) is 542 cm³/mol. The number of nitrogens with zero attached hydrogens (tertiary/aromatic N) is 7. The molecule has 4 aliphatic rings. The third-order valence-corrected chi connectivity index (χ3v) is 21.9. The zero-order chi connectivity index (χ0) is 95.5. The van der Waals surface area contributed by atoms with Crippen LogP contribution in [0.3, 0.4) is 0 Å². The highest BCUT2D eigenvalue weighted by atomic mass is 35.5. The van der Waals surface area contributed by atoms with Crippen LogP contribution in [0.1, 0.15) is 79.0 Å². The van der Waals surface area contributed by atoms with Crippen LogP contribution in [0.25, 0.3) is 0 Å². The van der Waals surface area contributed by atoms with E-state index in [2.05, 4.69) is 172 Å². The van der Waals surface area contributed by atoms with E-state index >= 15 is 0 Å². The molecule has 14 rings (SSSR count). The molecule has 4 aliphatic carbocycles. The van der Waals surface area contributed by atoms with Crippen molar-refractivity contribution in [2.24, 2.45) is 20.0 Å². The Morgan fingerprint density at radius 3 is 1.38 bits per heavy atom. The first-order valence-electron chi connectivity index (χ1n) is 43.4. The lowest BCUT2D eigenvalue weighted by atomic mass is 9.92. The monoisotopic (exact) mass is 1830 g/mol. The SMILES string of the molecule is CCN(c1ccc(CC2=CC(=Nc3ccc(N(CC)C(C)C)cc3)C(Nc3ccc(N(CC)C(C)C)cc3)=C(OC)C2=O)cc1)C(C)C.CNc1cc(O)c(N=C2C=CC(=O)C=C2)cc1Nc1ccc(O)c(Cl)c1.Nc1ccc(N=C2C=C(Nc3ccc(O)c(Cl)c3)C(NCCO)=CC2=O)cc1.O=C1C=CC(=Nc2cc(Nc3ccc(O)cc3)c(O)cc2Cc2ccc(O)cc2)C=C1. The molecular formula is C105H110Cl2N14O12. The molecule has 0 fully saturated rings. The number of hydrogen-bond acceptors (Lipinski definition) is 26. The molecule has 133 heavy (non-hydrogen) atoms. The minimum Gasteiger partial charge on any atom is -0.508 e. The number of aliphatic imine (C=N–C) groups is 4. The summed E-state index contributed by atoms with van der Waals surface area (Å²) in [6, 6.07) is 62.5. The van der Waals surface area contributed by atoms with E-state index in [-0.39, 0.29) is 92.3 Å². The Labute approximate surface area is 784 Å². The van der Waals surface area contributed by atoms with E-state index in [1.807, 2.05) is 42.5 Å². The molecule has 28 heteroatoms. The van der Waals surface area contributed by atoms with Gasteiger partial charge in [-0.15, -0.1) is 0 Å². The summed E-state index contributed by atoms with van der Waals surface area (Å²) in [5.74, 6) is -0.00557. The number of allylic oxidation sites excluding steroid dienone is 12. The van der Waals surface area contributed by atoms with Crippen molar-refractivity contribution in [3.8, 4) is 34.5 Å². The summed E-state index contributed by atoms with van der Waals surface area (Å²) in [5.41, 5.74) is 23.9. The molecule has 0 aromatic heterocycles. The van der Waals surface area contributed by atoms with Crippen LogP contribution in [-0.4, -0.2) is 147 Å². The Hall–Kier alpha value is -15.4. The van der Waals surface area contributed by atoms with Gasteiger partial charge in [-0.1, -0.05) is 47.5 Å². The second-order valence-corrected chi connectivity index (χ2v) is 32.6. The minimum absolute atomic E-state index is 0.00478. The van der Waals surface area contributed by atoms with Gasteiger partial charge in [0.2, 0.25) is 11.6 Å². The van der Waals surface area contributed by atoms with Gasteiger partial charge in [0, 0.05) is 121 Å². The molecule has 0 saturated heterocycles. The van der Waals surface area contributed by atoms with Gasteiger partial charge < -0.3 is 92.8 Å². The molecule has 686 valence electrons. The van der Waals surface area contributed by atoms with Gasteiger partial charge in [0.15, 0.2) is 17.3 Å². The Bertz CT molecular complexity index is 6220. The summed E-state index contributed by atoms with van der Waals surface area (Å²) in [6.45, 7) is 22.7. The average Bonchev–Trinajstić information content (AvgIpc) is 0.780. The number of nitrogens with one attached hydrogen (secondary N) is 6. The van der Waals surface area contributed by atoms with Crippen molar-refractivity contribution in [1.82, 2.24) is 5.32 Å². The number of phenolic OH excluding ortho intramolecular Hbond substituents is 6. The number of anilines is 11. The van der Waals surface area contributed by atoms with Crippen molar-refractivity contribution >= 4 is 154 Å². The smallest absolute Gasteiger partial charge is 0.226 e. The number of benzene rings is 10. The largest absolute Gasteiger partial charge is 0.508 e. The number of phenols is 6. The van der Waals surface area contributed by atoms with Crippen molar-refractivity contribution < 1.29 is 59.7 Å². The standard InChI is InChI=1S/C41H55N5O2.C25H20N2O4.C20H19ClN4O3.C19H16ClN3O3/c1-11-44(28(4)5)35-20-14-31(15-21-35)26-32-27-38(42-33-16-22-36(23-17-33)45(12-2)29(6)7)39(41(48-10)40(32)47)43-34-18-24-37(25-19-34)46(13-3)30(8)9;28-20-7-1-16(2-8-20)13-17-14-25(31)24(27-19-5-11-22(30)12-6-19)15-23(17)26-18-3-9-21(29)10-4-18;21-15-9-14(5-6-19(15)27)25-17-10-18(20(28)11-16(17)23-7-8-26)24-13-3-1-12(22)2-4-13;1-21-15-10-19(26)17(22-11-2-5-13(24)6-3-11)9-16(15)23-12-4-7-18(25)14(20)8-12/h14-25,27-30,43H,11-13,26H2,1-10H3;1-12,14-15,27-28,30-31H,13H2;1-6,9-11,23,25-27H,7-8,22H2;2-10,21,23,25-26H,1H3. The summed E-state index contributed by atoms with van der Waals surface area (Å²) in [5, 5.41) is 87.4. The maximum atomic E-state index is 14.0. The number of carbonyl (C=O) groups excluding carboxylic acids is 4. The molecule has 26 nitrogen and oxygen atoms in total. The van der Waals surface area contributed by atoms with Crippen molar-refractivity contribution in [3.63, 3.8) is 0 Å². The minimum atomic E-state index is -0.272. The highest BCUT2D eigenvalue weighted by Gasteiger charge is 2.30. The van der Waals surface area contributed by atoms with Crippen LogP contribution in [0.15, 0.2) is 321 Å². The van der Waals surface area contributed by atoms with Gasteiger partial charge in [-0.25, -0.2) is 20.0 Å². The molecule has 0 saturated carbocycles. The average molecular weight is 1830 g/mol. The van der Waals surface area contributed by atoms with Crippen LogP contribution in [0, 0.1) is 0 Å². The second-order valence-electron chi connectivity index (χ2n) is 31.7. The third-order valence-electron chi connectivity index (χ3n) is 21.3. The number of methoxy groups -OCH3 is 1. The van der Waals surface area contributed by atoms with Crippen LogP contribution in [0.2, 0.25) is 10.0 Å². The molecule has 15 N–H and O–H groups in total. The molecular weight excluding hydrogens is 1720 g/mol.